The van der Waals surface area contributed by atoms with Crippen LogP contribution in [0.15, 0.2) is 68.3 Å². The zero-order valence-corrected chi connectivity index (χ0v) is 19.7. The lowest BCUT2D eigenvalue weighted by molar-refractivity contribution is 0.366. The Morgan fingerprint density at radius 2 is 1.85 bits per heavy atom. The number of imidazole rings is 1. The maximum absolute atomic E-state index is 13.5. The molecule has 0 spiro atoms. The molecule has 5 rings (SSSR count). The summed E-state index contributed by atoms with van der Waals surface area (Å²) < 4.78 is 9.91. The molecule has 0 atom stereocenters. The molecule has 5 aromatic rings. The number of benzene rings is 1. The van der Waals surface area contributed by atoms with E-state index in [1.165, 1.54) is 15.9 Å². The number of hydrogen-bond donors (Lipinski definition) is 0. The van der Waals surface area contributed by atoms with Crippen LogP contribution >= 0.6 is 11.3 Å². The number of fused-ring (bicyclic) bond motifs is 1. The van der Waals surface area contributed by atoms with E-state index in [4.69, 9.17) is 4.52 Å². The molecule has 4 aromatic heterocycles. The van der Waals surface area contributed by atoms with Crippen LogP contribution in [0.4, 0.5) is 0 Å². The van der Waals surface area contributed by atoms with Gasteiger partial charge in [-0.15, -0.1) is 11.3 Å². The summed E-state index contributed by atoms with van der Waals surface area (Å²) in [4.78, 5) is 36.7. The molecule has 0 radical (unpaired) electrons. The van der Waals surface area contributed by atoms with E-state index in [1.807, 2.05) is 52.4 Å². The summed E-state index contributed by atoms with van der Waals surface area (Å²) >= 11 is 1.49. The second-order valence-electron chi connectivity index (χ2n) is 8.53. The summed E-state index contributed by atoms with van der Waals surface area (Å²) in [5.74, 6) is 1.09. The number of aromatic nitrogens is 6. The third kappa shape index (κ3) is 4.24. The third-order valence-electron chi connectivity index (χ3n) is 5.62. The van der Waals surface area contributed by atoms with Gasteiger partial charge in [0.05, 0.1) is 17.7 Å². The summed E-state index contributed by atoms with van der Waals surface area (Å²) in [6.07, 6.45) is 2.53. The molecule has 0 saturated heterocycles. The Balaban J connectivity index is 1.62. The minimum Gasteiger partial charge on any atom is -0.337 e. The fourth-order valence-corrected chi connectivity index (χ4v) is 4.46. The minimum absolute atomic E-state index is 0.115. The van der Waals surface area contributed by atoms with Crippen LogP contribution in [0.3, 0.4) is 0 Å². The number of thiophene rings is 1. The zero-order chi connectivity index (χ0) is 23.7. The van der Waals surface area contributed by atoms with Gasteiger partial charge in [-0.3, -0.25) is 9.36 Å². The summed E-state index contributed by atoms with van der Waals surface area (Å²) in [5.41, 5.74) is 0.830. The molecule has 1 aromatic carbocycles. The normalized spacial score (nSPS) is 11.6. The summed E-state index contributed by atoms with van der Waals surface area (Å²) in [7, 11) is 0. The Morgan fingerprint density at radius 1 is 1.03 bits per heavy atom. The highest BCUT2D eigenvalue weighted by molar-refractivity contribution is 7.13. The van der Waals surface area contributed by atoms with Gasteiger partial charge in [0.25, 0.3) is 5.56 Å². The van der Waals surface area contributed by atoms with Crippen LogP contribution in [0.2, 0.25) is 0 Å². The largest absolute Gasteiger partial charge is 0.337 e. The van der Waals surface area contributed by atoms with Crippen LogP contribution < -0.4 is 11.2 Å². The van der Waals surface area contributed by atoms with Crippen LogP contribution in [0.5, 0.6) is 0 Å². The lowest BCUT2D eigenvalue weighted by atomic mass is 10.1. The number of hydrogen-bond acceptors (Lipinski definition) is 7. The maximum Gasteiger partial charge on any atom is 0.333 e. The fourth-order valence-electron chi connectivity index (χ4n) is 3.81. The van der Waals surface area contributed by atoms with Gasteiger partial charge in [-0.25, -0.2) is 14.3 Å². The maximum atomic E-state index is 13.5. The molecule has 0 aliphatic heterocycles. The molecule has 0 saturated carbocycles. The van der Waals surface area contributed by atoms with E-state index in [0.717, 1.165) is 21.4 Å². The van der Waals surface area contributed by atoms with Crippen molar-refractivity contribution in [2.75, 3.05) is 0 Å². The first kappa shape index (κ1) is 22.0. The molecule has 0 N–H and O–H groups in total. The Kier molecular flexibility index (Phi) is 5.97. The first-order valence-electron chi connectivity index (χ1n) is 11.1. The molecule has 9 nitrogen and oxygen atoms in total. The molecule has 0 amide bonds. The lowest BCUT2D eigenvalue weighted by Gasteiger charge is -2.12. The average molecular weight is 477 g/mol. The van der Waals surface area contributed by atoms with Crippen molar-refractivity contribution in [2.45, 2.75) is 39.9 Å². The van der Waals surface area contributed by atoms with E-state index in [0.29, 0.717) is 36.0 Å². The van der Waals surface area contributed by atoms with Crippen molar-refractivity contribution in [1.82, 2.24) is 28.8 Å². The van der Waals surface area contributed by atoms with E-state index in [1.54, 1.807) is 6.33 Å². The minimum atomic E-state index is -0.466. The standard InChI is InChI=1S/C24H24N6O3S/c1-16(2)10-11-28-15-25-22-20(28)23(31)30(24(32)29(22)13-17-7-4-3-5-8-17)14-19-26-21(27-33-19)18-9-6-12-34-18/h3-9,12,15-16H,10-11,13-14H2,1-2H3. The van der Waals surface area contributed by atoms with Gasteiger partial charge in [0.2, 0.25) is 11.7 Å². The number of aryl methyl sites for hydroxylation is 1. The van der Waals surface area contributed by atoms with Gasteiger partial charge < -0.3 is 9.09 Å². The van der Waals surface area contributed by atoms with E-state index < -0.39 is 11.2 Å². The zero-order valence-electron chi connectivity index (χ0n) is 18.9. The molecule has 174 valence electrons. The summed E-state index contributed by atoms with van der Waals surface area (Å²) in [6, 6.07) is 13.4. The van der Waals surface area contributed by atoms with Crippen LogP contribution in [-0.4, -0.2) is 28.8 Å². The molecule has 34 heavy (non-hydrogen) atoms. The van der Waals surface area contributed by atoms with Crippen LogP contribution in [0.1, 0.15) is 31.7 Å². The molecule has 0 aliphatic carbocycles. The first-order valence-corrected chi connectivity index (χ1v) is 12.0. The van der Waals surface area contributed by atoms with Crippen molar-refractivity contribution in [3.05, 3.63) is 86.5 Å². The van der Waals surface area contributed by atoms with Gasteiger partial charge in [0, 0.05) is 6.54 Å². The molecule has 0 aliphatic rings. The fraction of sp³-hybridized carbons (Fsp3) is 0.292. The first-order chi connectivity index (χ1) is 16.5. The SMILES string of the molecule is CC(C)CCn1cnc2c1c(=O)n(Cc1nc(-c3cccs3)no1)c(=O)n2Cc1ccccc1. The van der Waals surface area contributed by atoms with E-state index in [2.05, 4.69) is 29.0 Å². The van der Waals surface area contributed by atoms with Gasteiger partial charge >= 0.3 is 5.69 Å². The average Bonchev–Trinajstić information content (AvgIpc) is 3.59. The summed E-state index contributed by atoms with van der Waals surface area (Å²) in [6.45, 7) is 5.07. The second kappa shape index (κ2) is 9.22. The van der Waals surface area contributed by atoms with E-state index >= 15 is 0 Å². The lowest BCUT2D eigenvalue weighted by Crippen LogP contribution is -2.41. The Hall–Kier alpha value is -3.79. The van der Waals surface area contributed by atoms with E-state index in [-0.39, 0.29) is 12.4 Å². The van der Waals surface area contributed by atoms with Crippen molar-refractivity contribution >= 4 is 22.5 Å². The summed E-state index contributed by atoms with van der Waals surface area (Å²) in [5, 5.41) is 5.93. The van der Waals surface area contributed by atoms with Crippen molar-refractivity contribution in [3.8, 4) is 10.7 Å². The predicted octanol–water partition coefficient (Wildman–Crippen LogP) is 3.61. The van der Waals surface area contributed by atoms with Crippen molar-refractivity contribution < 1.29 is 4.52 Å². The van der Waals surface area contributed by atoms with Crippen LogP contribution in [0.25, 0.3) is 21.9 Å². The molecular formula is C24H24N6O3S. The molecular weight excluding hydrogens is 452 g/mol. The van der Waals surface area contributed by atoms with Crippen LogP contribution in [-0.2, 0) is 19.6 Å². The van der Waals surface area contributed by atoms with E-state index in [9.17, 15) is 9.59 Å². The van der Waals surface area contributed by atoms with Gasteiger partial charge in [-0.05, 0) is 29.3 Å². The molecule has 0 unspecified atom stereocenters. The third-order valence-corrected chi connectivity index (χ3v) is 6.48. The Labute approximate surface area is 198 Å². The number of nitrogens with zero attached hydrogens (tertiary/aromatic N) is 6. The Morgan fingerprint density at radius 3 is 2.59 bits per heavy atom. The smallest absolute Gasteiger partial charge is 0.333 e. The molecule has 4 heterocycles. The van der Waals surface area contributed by atoms with Gasteiger partial charge in [-0.2, -0.15) is 4.98 Å². The van der Waals surface area contributed by atoms with Crippen molar-refractivity contribution in [2.24, 2.45) is 5.92 Å². The molecule has 0 bridgehead atoms. The monoisotopic (exact) mass is 476 g/mol. The highest BCUT2D eigenvalue weighted by atomic mass is 32.1. The van der Waals surface area contributed by atoms with Crippen molar-refractivity contribution in [3.63, 3.8) is 0 Å². The Bertz CT molecular complexity index is 1530. The van der Waals surface area contributed by atoms with Crippen LogP contribution in [0, 0.1) is 5.92 Å². The van der Waals surface area contributed by atoms with Gasteiger partial charge in [0.15, 0.2) is 11.2 Å². The molecule has 10 heteroatoms. The topological polar surface area (TPSA) is 101 Å². The molecule has 0 fully saturated rings. The highest BCUT2D eigenvalue weighted by Gasteiger charge is 2.20. The highest BCUT2D eigenvalue weighted by Crippen LogP contribution is 2.21. The number of rotatable bonds is 8. The second-order valence-corrected chi connectivity index (χ2v) is 9.48. The predicted molar refractivity (Wildman–Crippen MR) is 130 cm³/mol. The van der Waals surface area contributed by atoms with Gasteiger partial charge in [0.1, 0.15) is 6.54 Å². The van der Waals surface area contributed by atoms with Gasteiger partial charge in [-0.1, -0.05) is 55.4 Å². The van der Waals surface area contributed by atoms with Crippen molar-refractivity contribution in [1.29, 1.82) is 0 Å². The quantitative estimate of drug-likeness (QED) is 0.339.